The van der Waals surface area contributed by atoms with Crippen molar-refractivity contribution in [2.24, 2.45) is 0 Å². The largest absolute Gasteiger partial charge is 0.303 e. The molecule has 0 radical (unpaired) electrons. The molecule has 72 valence electrons. The number of rotatable bonds is 1. The maximum atomic E-state index is 4.41. The monoisotopic (exact) mass is 186 g/mol. The second-order valence-electron chi connectivity index (χ2n) is 3.65. The molecule has 14 heavy (non-hydrogen) atoms. The summed E-state index contributed by atoms with van der Waals surface area (Å²) in [5.74, 6) is 0.996. The first-order valence-electron chi connectivity index (χ1n) is 4.76. The number of hydrogen-bond acceptors (Lipinski definition) is 1. The van der Waals surface area contributed by atoms with Crippen molar-refractivity contribution in [3.63, 3.8) is 0 Å². The fraction of sp³-hybridized carbons (Fsp3) is 0.250. The van der Waals surface area contributed by atoms with E-state index in [1.165, 1.54) is 17.0 Å². The number of pyridine rings is 1. The Bertz CT molecular complexity index is 418. The average Bonchev–Trinajstić information content (AvgIpc) is 2.49. The molecule has 0 amide bonds. The van der Waals surface area contributed by atoms with Gasteiger partial charge in [0.2, 0.25) is 0 Å². The Kier molecular flexibility index (Phi) is 2.12. The first kappa shape index (κ1) is 9.00. The van der Waals surface area contributed by atoms with Crippen LogP contribution in [-0.2, 0) is 0 Å². The van der Waals surface area contributed by atoms with Crippen LogP contribution >= 0.6 is 0 Å². The lowest BCUT2D eigenvalue weighted by molar-refractivity contribution is 0.920. The third kappa shape index (κ3) is 1.43. The number of aromatic nitrogens is 2. The van der Waals surface area contributed by atoms with Crippen molar-refractivity contribution >= 4 is 0 Å². The molecule has 0 bridgehead atoms. The predicted octanol–water partition coefficient (Wildman–Crippen LogP) is 2.80. The van der Waals surface area contributed by atoms with Crippen LogP contribution in [0.1, 0.15) is 17.0 Å². The molecule has 0 aliphatic heterocycles. The van der Waals surface area contributed by atoms with Crippen LogP contribution < -0.4 is 0 Å². The van der Waals surface area contributed by atoms with Gasteiger partial charge in [0.1, 0.15) is 5.82 Å². The van der Waals surface area contributed by atoms with Gasteiger partial charge >= 0.3 is 0 Å². The van der Waals surface area contributed by atoms with Gasteiger partial charge in [-0.2, -0.15) is 0 Å². The molecule has 2 heteroatoms. The molecule has 0 spiro atoms. The Balaban J connectivity index is 2.54. The molecule has 0 aromatic carbocycles. The Labute approximate surface area is 84.2 Å². The van der Waals surface area contributed by atoms with Crippen molar-refractivity contribution in [3.8, 4) is 5.82 Å². The van der Waals surface area contributed by atoms with Crippen LogP contribution in [0.5, 0.6) is 0 Å². The molecule has 0 fully saturated rings. The van der Waals surface area contributed by atoms with Crippen LogP contribution in [0.3, 0.4) is 0 Å². The van der Waals surface area contributed by atoms with Gasteiger partial charge in [-0.25, -0.2) is 4.98 Å². The highest BCUT2D eigenvalue weighted by Gasteiger charge is 2.03. The second-order valence-corrected chi connectivity index (χ2v) is 3.65. The van der Waals surface area contributed by atoms with Crippen molar-refractivity contribution in [2.45, 2.75) is 20.8 Å². The summed E-state index contributed by atoms with van der Waals surface area (Å²) in [5, 5.41) is 0. The molecule has 0 unspecified atom stereocenters. The lowest BCUT2D eigenvalue weighted by atomic mass is 10.3. The van der Waals surface area contributed by atoms with Gasteiger partial charge in [0.05, 0.1) is 0 Å². The van der Waals surface area contributed by atoms with Gasteiger partial charge in [-0.1, -0.05) is 6.07 Å². The standard InChI is InChI=1S/C12H14N2/c1-9-4-7-12(13-8-9)14-10(2)5-6-11(14)3/h4-8H,1-3H3. The normalized spacial score (nSPS) is 10.5. The van der Waals surface area contributed by atoms with E-state index >= 15 is 0 Å². The Morgan fingerprint density at radius 1 is 0.929 bits per heavy atom. The summed E-state index contributed by atoms with van der Waals surface area (Å²) in [7, 11) is 0. The zero-order valence-corrected chi connectivity index (χ0v) is 8.78. The van der Waals surface area contributed by atoms with E-state index in [9.17, 15) is 0 Å². The van der Waals surface area contributed by atoms with Crippen LogP contribution in [0.4, 0.5) is 0 Å². The van der Waals surface area contributed by atoms with Gasteiger partial charge in [0.25, 0.3) is 0 Å². The average molecular weight is 186 g/mol. The molecule has 2 nitrogen and oxygen atoms in total. The van der Waals surface area contributed by atoms with Gasteiger partial charge in [0, 0.05) is 17.6 Å². The highest BCUT2D eigenvalue weighted by molar-refractivity contribution is 5.32. The molecular formula is C12H14N2. The van der Waals surface area contributed by atoms with E-state index in [1.807, 2.05) is 13.1 Å². The summed E-state index contributed by atoms with van der Waals surface area (Å²) in [4.78, 5) is 4.41. The van der Waals surface area contributed by atoms with Gasteiger partial charge in [-0.05, 0) is 44.5 Å². The predicted molar refractivity (Wildman–Crippen MR) is 57.8 cm³/mol. The fourth-order valence-corrected chi connectivity index (χ4v) is 1.62. The molecule has 2 aromatic rings. The maximum Gasteiger partial charge on any atom is 0.136 e. The Morgan fingerprint density at radius 3 is 2.07 bits per heavy atom. The number of nitrogens with zero attached hydrogens (tertiary/aromatic N) is 2. The van der Waals surface area contributed by atoms with Crippen molar-refractivity contribution in [2.75, 3.05) is 0 Å². The van der Waals surface area contributed by atoms with Gasteiger partial charge in [-0.15, -0.1) is 0 Å². The lowest BCUT2D eigenvalue weighted by Gasteiger charge is -2.07. The third-order valence-electron chi connectivity index (χ3n) is 2.40. The minimum atomic E-state index is 0.996. The summed E-state index contributed by atoms with van der Waals surface area (Å²) in [6.07, 6.45) is 1.90. The first-order valence-corrected chi connectivity index (χ1v) is 4.76. The van der Waals surface area contributed by atoms with E-state index in [-0.39, 0.29) is 0 Å². The smallest absolute Gasteiger partial charge is 0.136 e. The van der Waals surface area contributed by atoms with Crippen LogP contribution in [0.15, 0.2) is 30.5 Å². The molecule has 2 aromatic heterocycles. The van der Waals surface area contributed by atoms with E-state index in [4.69, 9.17) is 0 Å². The number of aryl methyl sites for hydroxylation is 3. The molecule has 0 atom stereocenters. The molecular weight excluding hydrogens is 172 g/mol. The SMILES string of the molecule is Cc1ccc(-n2c(C)ccc2C)nc1. The highest BCUT2D eigenvalue weighted by atomic mass is 15.1. The van der Waals surface area contributed by atoms with Crippen molar-refractivity contribution in [3.05, 3.63) is 47.4 Å². The summed E-state index contributed by atoms with van der Waals surface area (Å²) < 4.78 is 2.15. The molecule has 2 rings (SSSR count). The van der Waals surface area contributed by atoms with Crippen LogP contribution in [0.2, 0.25) is 0 Å². The zero-order chi connectivity index (χ0) is 10.1. The summed E-state index contributed by atoms with van der Waals surface area (Å²) >= 11 is 0. The Hall–Kier alpha value is -1.57. The quantitative estimate of drug-likeness (QED) is 0.669. The van der Waals surface area contributed by atoms with Crippen molar-refractivity contribution in [1.29, 1.82) is 0 Å². The lowest BCUT2D eigenvalue weighted by Crippen LogP contribution is -2.00. The van der Waals surface area contributed by atoms with Crippen LogP contribution in [0, 0.1) is 20.8 Å². The van der Waals surface area contributed by atoms with Gasteiger partial charge in [0.15, 0.2) is 0 Å². The molecule has 0 N–H and O–H groups in total. The highest BCUT2D eigenvalue weighted by Crippen LogP contribution is 2.13. The molecule has 0 saturated carbocycles. The molecule has 0 saturated heterocycles. The van der Waals surface area contributed by atoms with E-state index in [0.717, 1.165) is 5.82 Å². The second kappa shape index (κ2) is 3.29. The minimum absolute atomic E-state index is 0.996. The van der Waals surface area contributed by atoms with E-state index in [2.05, 4.69) is 47.7 Å². The topological polar surface area (TPSA) is 17.8 Å². The minimum Gasteiger partial charge on any atom is -0.303 e. The third-order valence-corrected chi connectivity index (χ3v) is 2.40. The van der Waals surface area contributed by atoms with Crippen molar-refractivity contribution in [1.82, 2.24) is 9.55 Å². The summed E-state index contributed by atoms with van der Waals surface area (Å²) in [5.41, 5.74) is 3.63. The molecule has 0 aliphatic carbocycles. The van der Waals surface area contributed by atoms with Crippen molar-refractivity contribution < 1.29 is 0 Å². The molecule has 2 heterocycles. The van der Waals surface area contributed by atoms with Gasteiger partial charge < -0.3 is 4.57 Å². The van der Waals surface area contributed by atoms with Gasteiger partial charge in [-0.3, -0.25) is 0 Å². The maximum absolute atomic E-state index is 4.41. The van der Waals surface area contributed by atoms with E-state index in [0.29, 0.717) is 0 Å². The Morgan fingerprint density at radius 2 is 1.57 bits per heavy atom. The van der Waals surface area contributed by atoms with Crippen LogP contribution in [-0.4, -0.2) is 9.55 Å². The van der Waals surface area contributed by atoms with Crippen LogP contribution in [0.25, 0.3) is 5.82 Å². The first-order chi connectivity index (χ1) is 6.68. The van der Waals surface area contributed by atoms with E-state index in [1.54, 1.807) is 0 Å². The fourth-order valence-electron chi connectivity index (χ4n) is 1.62. The summed E-state index contributed by atoms with van der Waals surface area (Å²) in [6.45, 7) is 6.23. The van der Waals surface area contributed by atoms with E-state index < -0.39 is 0 Å². The number of hydrogen-bond donors (Lipinski definition) is 0. The zero-order valence-electron chi connectivity index (χ0n) is 8.78. The molecule has 0 aliphatic rings. The summed E-state index contributed by atoms with van der Waals surface area (Å²) in [6, 6.07) is 8.35.